The minimum atomic E-state index is 0.861. The van der Waals surface area contributed by atoms with Crippen LogP contribution in [0.3, 0.4) is 0 Å². The summed E-state index contributed by atoms with van der Waals surface area (Å²) in [5, 5.41) is 0. The largest absolute Gasteiger partial charge is 0.297 e. The van der Waals surface area contributed by atoms with E-state index >= 15 is 0 Å². The molecule has 0 aromatic carbocycles. The molecule has 1 rings (SSSR count). The lowest BCUT2D eigenvalue weighted by Gasteiger charge is -2.00. The van der Waals surface area contributed by atoms with Crippen molar-refractivity contribution in [2.45, 2.75) is 64.7 Å². The maximum atomic E-state index is 10.5. The van der Waals surface area contributed by atoms with Crippen LogP contribution in [0.2, 0.25) is 0 Å². The number of carbonyl (C=O) groups excluding carboxylic acids is 1. The summed E-state index contributed by atoms with van der Waals surface area (Å²) in [6, 6.07) is 4.02. The third-order valence-corrected chi connectivity index (χ3v) is 4.15. The van der Waals surface area contributed by atoms with E-state index in [1.54, 1.807) is 11.3 Å². The molecule has 0 atom stereocenters. The molecule has 2 heteroatoms. The number of thiophene rings is 1. The zero-order chi connectivity index (χ0) is 12.3. The Balaban J connectivity index is 1.95. The maximum Gasteiger partial charge on any atom is 0.160 e. The number of unbranched alkanes of at least 4 members (excludes halogenated alkanes) is 7. The van der Waals surface area contributed by atoms with E-state index in [1.165, 1.54) is 56.2 Å². The highest BCUT2D eigenvalue weighted by molar-refractivity contribution is 7.13. The van der Waals surface area contributed by atoms with Crippen molar-refractivity contribution in [3.63, 3.8) is 0 Å². The number of carbonyl (C=O) groups is 1. The van der Waals surface area contributed by atoms with E-state index in [9.17, 15) is 4.79 Å². The van der Waals surface area contributed by atoms with Crippen molar-refractivity contribution in [3.05, 3.63) is 21.9 Å². The highest BCUT2D eigenvalue weighted by atomic mass is 32.1. The monoisotopic (exact) mass is 252 g/mol. The Morgan fingerprint density at radius 1 is 1.00 bits per heavy atom. The predicted octanol–water partition coefficient (Wildman–Crippen LogP) is 5.24. The molecule has 0 fully saturated rings. The maximum absolute atomic E-state index is 10.5. The SMILES string of the molecule is CCCCCCCCCCc1ccc(C=O)s1. The number of hydrogen-bond acceptors (Lipinski definition) is 2. The van der Waals surface area contributed by atoms with Crippen LogP contribution in [0.4, 0.5) is 0 Å². The molecule has 0 spiro atoms. The molecule has 1 aromatic rings. The lowest BCUT2D eigenvalue weighted by Crippen LogP contribution is -1.83. The molecule has 0 aliphatic heterocycles. The van der Waals surface area contributed by atoms with E-state index in [4.69, 9.17) is 0 Å². The summed E-state index contributed by atoms with van der Waals surface area (Å²) in [5.41, 5.74) is 0. The third-order valence-electron chi connectivity index (χ3n) is 3.08. The van der Waals surface area contributed by atoms with Gasteiger partial charge in [-0.2, -0.15) is 0 Å². The molecule has 0 amide bonds. The van der Waals surface area contributed by atoms with Crippen molar-refractivity contribution in [3.8, 4) is 0 Å². The van der Waals surface area contributed by atoms with E-state index < -0.39 is 0 Å². The summed E-state index contributed by atoms with van der Waals surface area (Å²) in [6.45, 7) is 2.26. The molecule has 0 bridgehead atoms. The van der Waals surface area contributed by atoms with Gasteiger partial charge in [0.25, 0.3) is 0 Å². The molecule has 0 aliphatic carbocycles. The molecule has 0 unspecified atom stereocenters. The average molecular weight is 252 g/mol. The molecule has 1 aromatic heterocycles. The molecule has 0 radical (unpaired) electrons. The van der Waals surface area contributed by atoms with Gasteiger partial charge in [-0.3, -0.25) is 4.79 Å². The van der Waals surface area contributed by atoms with Crippen LogP contribution in [0.15, 0.2) is 12.1 Å². The molecule has 96 valence electrons. The number of aldehydes is 1. The van der Waals surface area contributed by atoms with Crippen LogP contribution in [-0.4, -0.2) is 6.29 Å². The molecule has 0 saturated heterocycles. The van der Waals surface area contributed by atoms with Gasteiger partial charge in [0, 0.05) is 4.88 Å². The second kappa shape index (κ2) is 9.41. The topological polar surface area (TPSA) is 17.1 Å². The Bertz CT molecular complexity index is 304. The summed E-state index contributed by atoms with van der Waals surface area (Å²) < 4.78 is 0. The smallest absolute Gasteiger partial charge is 0.160 e. The van der Waals surface area contributed by atoms with E-state index in [-0.39, 0.29) is 0 Å². The lowest BCUT2D eigenvalue weighted by atomic mass is 10.1. The fourth-order valence-electron chi connectivity index (χ4n) is 2.03. The van der Waals surface area contributed by atoms with Gasteiger partial charge in [-0.25, -0.2) is 0 Å². The normalized spacial score (nSPS) is 10.6. The van der Waals surface area contributed by atoms with Crippen molar-refractivity contribution >= 4 is 17.6 Å². The summed E-state index contributed by atoms with van der Waals surface area (Å²) in [6.07, 6.45) is 13.0. The fraction of sp³-hybridized carbons (Fsp3) is 0.667. The first-order valence-electron chi connectivity index (χ1n) is 6.90. The molecule has 17 heavy (non-hydrogen) atoms. The van der Waals surface area contributed by atoms with Crippen molar-refractivity contribution in [1.82, 2.24) is 0 Å². The minimum Gasteiger partial charge on any atom is -0.297 e. The fourth-order valence-corrected chi connectivity index (χ4v) is 2.89. The molecule has 1 nitrogen and oxygen atoms in total. The Labute approximate surface area is 109 Å². The lowest BCUT2D eigenvalue weighted by molar-refractivity contribution is 0.112. The summed E-state index contributed by atoms with van der Waals surface area (Å²) in [5.74, 6) is 0. The van der Waals surface area contributed by atoms with Crippen LogP contribution in [-0.2, 0) is 6.42 Å². The van der Waals surface area contributed by atoms with E-state index in [2.05, 4.69) is 13.0 Å². The van der Waals surface area contributed by atoms with E-state index in [0.717, 1.165) is 17.6 Å². The Hall–Kier alpha value is -0.630. The second-order valence-electron chi connectivity index (χ2n) is 4.65. The van der Waals surface area contributed by atoms with Gasteiger partial charge < -0.3 is 0 Å². The molecular formula is C15H24OS. The Kier molecular flexibility index (Phi) is 7.98. The highest BCUT2D eigenvalue weighted by Crippen LogP contribution is 2.18. The first kappa shape index (κ1) is 14.4. The van der Waals surface area contributed by atoms with Gasteiger partial charge in [0.2, 0.25) is 0 Å². The van der Waals surface area contributed by atoms with Crippen molar-refractivity contribution in [1.29, 1.82) is 0 Å². The van der Waals surface area contributed by atoms with Gasteiger partial charge >= 0.3 is 0 Å². The Morgan fingerprint density at radius 3 is 2.24 bits per heavy atom. The molecule has 0 saturated carbocycles. The van der Waals surface area contributed by atoms with Gasteiger partial charge in [0.1, 0.15) is 0 Å². The van der Waals surface area contributed by atoms with Gasteiger partial charge in [0.15, 0.2) is 6.29 Å². The summed E-state index contributed by atoms with van der Waals surface area (Å²) in [4.78, 5) is 12.8. The predicted molar refractivity (Wildman–Crippen MR) is 76.0 cm³/mol. The Morgan fingerprint density at radius 2 is 1.65 bits per heavy atom. The minimum absolute atomic E-state index is 0.861. The van der Waals surface area contributed by atoms with Gasteiger partial charge in [-0.1, -0.05) is 51.9 Å². The molecule has 0 N–H and O–H groups in total. The van der Waals surface area contributed by atoms with Crippen LogP contribution in [0.25, 0.3) is 0 Å². The number of hydrogen-bond donors (Lipinski definition) is 0. The standard InChI is InChI=1S/C15H24OS/c1-2-3-4-5-6-7-8-9-10-14-11-12-15(13-16)17-14/h11-13H,2-10H2,1H3. The molecular weight excluding hydrogens is 228 g/mol. The van der Waals surface area contributed by atoms with Crippen LogP contribution >= 0.6 is 11.3 Å². The van der Waals surface area contributed by atoms with Gasteiger partial charge in [-0.15, -0.1) is 11.3 Å². The quantitative estimate of drug-likeness (QED) is 0.411. The molecule has 0 aliphatic rings. The summed E-state index contributed by atoms with van der Waals surface area (Å²) in [7, 11) is 0. The van der Waals surface area contributed by atoms with E-state index in [1.807, 2.05) is 6.07 Å². The van der Waals surface area contributed by atoms with Crippen LogP contribution < -0.4 is 0 Å². The van der Waals surface area contributed by atoms with Crippen LogP contribution in [0.5, 0.6) is 0 Å². The third kappa shape index (κ3) is 6.62. The van der Waals surface area contributed by atoms with Crippen LogP contribution in [0.1, 0.15) is 72.8 Å². The molecule has 1 heterocycles. The van der Waals surface area contributed by atoms with E-state index in [0.29, 0.717) is 0 Å². The van der Waals surface area contributed by atoms with Crippen molar-refractivity contribution < 1.29 is 4.79 Å². The summed E-state index contributed by atoms with van der Waals surface area (Å²) >= 11 is 1.64. The van der Waals surface area contributed by atoms with Gasteiger partial charge in [0.05, 0.1) is 4.88 Å². The zero-order valence-electron chi connectivity index (χ0n) is 10.9. The second-order valence-corrected chi connectivity index (χ2v) is 5.85. The first-order valence-corrected chi connectivity index (χ1v) is 7.72. The highest BCUT2D eigenvalue weighted by Gasteiger charge is 1.99. The van der Waals surface area contributed by atoms with Crippen molar-refractivity contribution in [2.75, 3.05) is 0 Å². The number of rotatable bonds is 10. The van der Waals surface area contributed by atoms with Gasteiger partial charge in [-0.05, 0) is 25.0 Å². The van der Waals surface area contributed by atoms with Crippen LogP contribution in [0, 0.1) is 0 Å². The number of aryl methyl sites for hydroxylation is 1. The first-order chi connectivity index (χ1) is 8.36. The van der Waals surface area contributed by atoms with Crippen molar-refractivity contribution in [2.24, 2.45) is 0 Å². The zero-order valence-corrected chi connectivity index (χ0v) is 11.7. The average Bonchev–Trinajstić information content (AvgIpc) is 2.80.